The van der Waals surface area contributed by atoms with E-state index in [0.717, 1.165) is 12.1 Å². The Hall–Kier alpha value is 0.748. The molecule has 3 unspecified atom stereocenters. The van der Waals surface area contributed by atoms with Gasteiger partial charge in [-0.25, -0.2) is 0 Å². The normalized spacial score (nSPS) is 15.0. The van der Waals surface area contributed by atoms with Gasteiger partial charge in [-0.15, -0.1) is 0 Å². The summed E-state index contributed by atoms with van der Waals surface area (Å²) in [7, 11) is -7.70. The molecular formula is C48H106O3Si4. The Labute approximate surface area is 354 Å². The summed E-state index contributed by atoms with van der Waals surface area (Å²) in [5.41, 5.74) is 0. The fraction of sp³-hybridized carbons (Fsp3) is 1.00. The van der Waals surface area contributed by atoms with E-state index in [0.29, 0.717) is 0 Å². The molecular weight excluding hydrogens is 737 g/mol. The van der Waals surface area contributed by atoms with Gasteiger partial charge in [0.25, 0.3) is 0 Å². The minimum absolute atomic E-state index is 1.15. The van der Waals surface area contributed by atoms with E-state index >= 15 is 0 Å². The second-order valence-electron chi connectivity index (χ2n) is 19.5. The molecule has 0 amide bonds. The molecule has 0 N–H and O–H groups in total. The van der Waals surface area contributed by atoms with Crippen molar-refractivity contribution < 1.29 is 12.3 Å². The lowest BCUT2D eigenvalue weighted by molar-refractivity contribution is 0.315. The van der Waals surface area contributed by atoms with E-state index in [2.05, 4.69) is 60.1 Å². The highest BCUT2D eigenvalue weighted by Crippen LogP contribution is 2.31. The predicted octanol–water partition coefficient (Wildman–Crippen LogP) is 18.5. The largest absolute Gasteiger partial charge is 0.439 e. The lowest BCUT2D eigenvalue weighted by Crippen LogP contribution is -2.56. The van der Waals surface area contributed by atoms with Crippen LogP contribution in [0.5, 0.6) is 0 Å². The highest BCUT2D eigenvalue weighted by Gasteiger charge is 2.45. The third-order valence-electron chi connectivity index (χ3n) is 11.8. The van der Waals surface area contributed by atoms with E-state index in [1.165, 1.54) is 237 Å². The molecule has 0 aliphatic carbocycles. The van der Waals surface area contributed by atoms with E-state index in [9.17, 15) is 0 Å². The molecule has 0 bridgehead atoms. The molecule has 0 saturated heterocycles. The quantitative estimate of drug-likeness (QED) is 0.0451. The number of hydrogen-bond donors (Lipinski definition) is 0. The Bertz CT molecular complexity index is 781. The number of hydrogen-bond acceptors (Lipinski definition) is 3. The van der Waals surface area contributed by atoms with E-state index in [-0.39, 0.29) is 0 Å². The molecule has 0 heterocycles. The fourth-order valence-electron chi connectivity index (χ4n) is 8.69. The van der Waals surface area contributed by atoms with Crippen molar-refractivity contribution in [2.45, 2.75) is 309 Å². The van der Waals surface area contributed by atoms with Crippen LogP contribution < -0.4 is 0 Å². The monoisotopic (exact) mass is 843 g/mol. The van der Waals surface area contributed by atoms with Crippen molar-refractivity contribution in [2.24, 2.45) is 0 Å². The molecule has 3 atom stereocenters. The van der Waals surface area contributed by atoms with E-state index in [4.69, 9.17) is 12.3 Å². The van der Waals surface area contributed by atoms with Crippen LogP contribution in [0.1, 0.15) is 252 Å². The van der Waals surface area contributed by atoms with Crippen LogP contribution >= 0.6 is 0 Å². The molecule has 3 nitrogen and oxygen atoms in total. The third-order valence-corrected chi connectivity index (χ3v) is 26.8. The van der Waals surface area contributed by atoms with Gasteiger partial charge in [-0.1, -0.05) is 252 Å². The average Bonchev–Trinajstić information content (AvgIpc) is 3.12. The molecule has 0 aliphatic heterocycles. The lowest BCUT2D eigenvalue weighted by Gasteiger charge is -2.42. The summed E-state index contributed by atoms with van der Waals surface area (Å²) in [6.45, 7) is 21.4. The maximum Gasteiger partial charge on any atom is 0.315 e. The van der Waals surface area contributed by atoms with Gasteiger partial charge >= 0.3 is 17.1 Å². The second kappa shape index (κ2) is 38.9. The van der Waals surface area contributed by atoms with Gasteiger partial charge in [0.05, 0.1) is 0 Å². The van der Waals surface area contributed by atoms with Crippen LogP contribution in [0, 0.1) is 0 Å². The fourth-order valence-corrected chi connectivity index (χ4v) is 26.9. The van der Waals surface area contributed by atoms with Gasteiger partial charge in [-0.3, -0.25) is 0 Å². The topological polar surface area (TPSA) is 27.7 Å². The van der Waals surface area contributed by atoms with Crippen LogP contribution in [0.25, 0.3) is 0 Å². The Morgan fingerprint density at radius 1 is 0.309 bits per heavy atom. The standard InChI is InChI=1S/C48H106O3Si4/c1-10-13-16-19-22-25-28-31-34-37-40-43-46-52(4)49-54(8,47-44-41-38-35-32-29-26-23-20-17-14-11-2)51-55(9,50-53(5,6)7)48-45-42-39-36-33-30-27-24-21-18-15-12-3/h52H,10-48H2,1-9H3. The third kappa shape index (κ3) is 40.0. The average molecular weight is 844 g/mol. The van der Waals surface area contributed by atoms with Crippen LogP contribution in [-0.4, -0.2) is 34.5 Å². The van der Waals surface area contributed by atoms with Crippen molar-refractivity contribution in [3.63, 3.8) is 0 Å². The van der Waals surface area contributed by atoms with E-state index in [1.807, 2.05) is 0 Å². The first-order valence-corrected chi connectivity index (χ1v) is 36.5. The van der Waals surface area contributed by atoms with Crippen LogP contribution in [-0.2, 0) is 12.3 Å². The Morgan fingerprint density at radius 3 is 0.855 bits per heavy atom. The van der Waals surface area contributed by atoms with Gasteiger partial charge in [0, 0.05) is 0 Å². The van der Waals surface area contributed by atoms with Gasteiger partial charge in [-0.05, 0) is 57.4 Å². The molecule has 332 valence electrons. The molecule has 0 aromatic heterocycles. The molecule has 55 heavy (non-hydrogen) atoms. The van der Waals surface area contributed by atoms with Crippen molar-refractivity contribution in [3.05, 3.63) is 0 Å². The summed E-state index contributed by atoms with van der Waals surface area (Å²) >= 11 is 0. The molecule has 7 heteroatoms. The molecule has 0 aliphatic rings. The zero-order valence-corrected chi connectivity index (χ0v) is 44.0. The molecule has 0 radical (unpaired) electrons. The first kappa shape index (κ1) is 55.7. The molecule has 0 fully saturated rings. The maximum atomic E-state index is 7.49. The Kier molecular flexibility index (Phi) is 39.4. The zero-order chi connectivity index (χ0) is 40.8. The first-order valence-electron chi connectivity index (χ1n) is 25.6. The molecule has 0 aromatic carbocycles. The molecule has 0 saturated carbocycles. The summed E-state index contributed by atoms with van der Waals surface area (Å²) in [6.07, 6.45) is 50.6. The van der Waals surface area contributed by atoms with E-state index < -0.39 is 34.5 Å². The van der Waals surface area contributed by atoms with Gasteiger partial charge < -0.3 is 12.3 Å². The second-order valence-corrected chi connectivity index (χ2v) is 34.0. The highest BCUT2D eigenvalue weighted by atomic mass is 28.5. The summed E-state index contributed by atoms with van der Waals surface area (Å²) in [6, 6.07) is 3.62. The maximum absolute atomic E-state index is 7.49. The van der Waals surface area contributed by atoms with Crippen LogP contribution in [0.3, 0.4) is 0 Å². The van der Waals surface area contributed by atoms with Crippen LogP contribution in [0.15, 0.2) is 0 Å². The van der Waals surface area contributed by atoms with Crippen molar-refractivity contribution >= 4 is 34.5 Å². The lowest BCUT2D eigenvalue weighted by atomic mass is 10.1. The minimum Gasteiger partial charge on any atom is -0.439 e. The van der Waals surface area contributed by atoms with Crippen molar-refractivity contribution in [2.75, 3.05) is 0 Å². The highest BCUT2D eigenvalue weighted by molar-refractivity contribution is 6.88. The summed E-state index contributed by atoms with van der Waals surface area (Å²) in [4.78, 5) is 0. The van der Waals surface area contributed by atoms with Crippen molar-refractivity contribution in [1.29, 1.82) is 0 Å². The smallest absolute Gasteiger partial charge is 0.315 e. The zero-order valence-electron chi connectivity index (χ0n) is 39.9. The number of unbranched alkanes of at least 4 members (excludes halogenated alkanes) is 33. The Morgan fingerprint density at radius 2 is 0.564 bits per heavy atom. The van der Waals surface area contributed by atoms with Crippen molar-refractivity contribution in [1.82, 2.24) is 0 Å². The van der Waals surface area contributed by atoms with Gasteiger partial charge in [0.1, 0.15) is 0 Å². The predicted molar refractivity (Wildman–Crippen MR) is 261 cm³/mol. The molecule has 0 aromatic rings. The minimum atomic E-state index is -2.34. The van der Waals surface area contributed by atoms with Gasteiger partial charge in [0.2, 0.25) is 0 Å². The SMILES string of the molecule is CCCCCCCCCCCCCC[SiH](C)O[Si](C)(CCCCCCCCCCCCCC)O[Si](C)(CCCCCCCCCCCCCC)O[Si](C)(C)C. The summed E-state index contributed by atoms with van der Waals surface area (Å²) < 4.78 is 21.9. The number of rotatable bonds is 45. The first-order chi connectivity index (χ1) is 26.5. The van der Waals surface area contributed by atoms with Crippen LogP contribution in [0.4, 0.5) is 0 Å². The Balaban J connectivity index is 4.95. The van der Waals surface area contributed by atoms with Gasteiger partial charge in [0.15, 0.2) is 17.4 Å². The summed E-state index contributed by atoms with van der Waals surface area (Å²) in [5, 5.41) is 0. The van der Waals surface area contributed by atoms with E-state index in [1.54, 1.807) is 0 Å². The van der Waals surface area contributed by atoms with Gasteiger partial charge in [-0.2, -0.15) is 0 Å². The molecule has 0 spiro atoms. The summed E-state index contributed by atoms with van der Waals surface area (Å²) in [5.74, 6) is 0. The van der Waals surface area contributed by atoms with Crippen molar-refractivity contribution in [3.8, 4) is 0 Å². The van der Waals surface area contributed by atoms with Crippen LogP contribution in [0.2, 0.25) is 57.4 Å². The molecule has 0 rings (SSSR count).